The topological polar surface area (TPSA) is 38.7 Å². The van der Waals surface area contributed by atoms with Gasteiger partial charge < -0.3 is 4.74 Å². The van der Waals surface area contributed by atoms with Gasteiger partial charge in [0.05, 0.1) is 11.3 Å². The lowest BCUT2D eigenvalue weighted by molar-refractivity contribution is 0.0711. The summed E-state index contributed by atoms with van der Waals surface area (Å²) in [4.78, 5) is 16.9. The van der Waals surface area contributed by atoms with Crippen molar-refractivity contribution in [3.8, 4) is 0 Å². The summed E-state index contributed by atoms with van der Waals surface area (Å²) in [6.45, 7) is 4.28. The molecule has 132 valence electrons. The molecule has 0 aliphatic heterocycles. The maximum atomic E-state index is 12.4. The maximum absolute atomic E-state index is 12.4. The summed E-state index contributed by atoms with van der Waals surface area (Å²) in [5.74, 6) is 0.140. The van der Waals surface area contributed by atoms with Crippen LogP contribution in [0.15, 0.2) is 59.6 Å². The van der Waals surface area contributed by atoms with Crippen molar-refractivity contribution in [2.24, 2.45) is 4.99 Å². The first-order valence-corrected chi connectivity index (χ1v) is 9.16. The lowest BCUT2D eigenvalue weighted by atomic mass is 10.1. The van der Waals surface area contributed by atoms with E-state index in [4.69, 9.17) is 4.74 Å². The fourth-order valence-corrected chi connectivity index (χ4v) is 2.46. The minimum Gasteiger partial charge on any atom is -0.408 e. The Morgan fingerprint density at radius 3 is 2.24 bits per heavy atom. The molecule has 2 rings (SSSR count). The first kappa shape index (κ1) is 18.9. The van der Waals surface area contributed by atoms with Gasteiger partial charge in [-0.15, -0.1) is 0 Å². The van der Waals surface area contributed by atoms with Crippen LogP contribution in [0.25, 0.3) is 0 Å². The summed E-state index contributed by atoms with van der Waals surface area (Å²) in [5.41, 5.74) is 2.62. The highest BCUT2D eigenvalue weighted by atomic mass is 16.5. The van der Waals surface area contributed by atoms with E-state index in [1.54, 1.807) is 0 Å². The van der Waals surface area contributed by atoms with Gasteiger partial charge in [-0.25, -0.2) is 9.79 Å². The van der Waals surface area contributed by atoms with E-state index in [9.17, 15) is 4.79 Å². The third-order valence-electron chi connectivity index (χ3n) is 3.97. The van der Waals surface area contributed by atoms with E-state index in [0.29, 0.717) is 17.9 Å². The molecule has 0 amide bonds. The van der Waals surface area contributed by atoms with Gasteiger partial charge in [0.1, 0.15) is 0 Å². The fraction of sp³-hybridized carbons (Fsp3) is 0.364. The first-order valence-electron chi connectivity index (χ1n) is 9.16. The molecule has 0 saturated heterocycles. The van der Waals surface area contributed by atoms with E-state index in [1.807, 2.05) is 54.6 Å². The number of aryl methyl sites for hydroxylation is 1. The summed E-state index contributed by atoms with van der Waals surface area (Å²) in [6, 6.07) is 17.3. The number of benzene rings is 2. The summed E-state index contributed by atoms with van der Waals surface area (Å²) in [7, 11) is 0. The van der Waals surface area contributed by atoms with Crippen molar-refractivity contribution in [2.45, 2.75) is 52.4 Å². The fourth-order valence-electron chi connectivity index (χ4n) is 2.46. The number of rotatable bonds is 8. The van der Waals surface area contributed by atoms with Crippen molar-refractivity contribution in [1.82, 2.24) is 0 Å². The summed E-state index contributed by atoms with van der Waals surface area (Å²) in [5, 5.41) is 0. The number of unbranched alkanes of at least 4 members (excludes halogenated alkanes) is 2. The van der Waals surface area contributed by atoms with E-state index in [2.05, 4.69) is 18.8 Å². The molecule has 0 heterocycles. The predicted octanol–water partition coefficient (Wildman–Crippen LogP) is 6.11. The molecule has 0 bridgehead atoms. The smallest absolute Gasteiger partial charge is 0.344 e. The highest BCUT2D eigenvalue weighted by molar-refractivity contribution is 5.99. The lowest BCUT2D eigenvalue weighted by Crippen LogP contribution is -2.12. The number of hydrogen-bond donors (Lipinski definition) is 0. The second-order valence-electron chi connectivity index (χ2n) is 6.13. The van der Waals surface area contributed by atoms with Gasteiger partial charge in [-0.2, -0.15) is 0 Å². The number of nitrogens with zero attached hydrogens (tertiary/aromatic N) is 1. The van der Waals surface area contributed by atoms with Crippen LogP contribution in [0.2, 0.25) is 0 Å². The van der Waals surface area contributed by atoms with Crippen molar-refractivity contribution in [2.75, 3.05) is 0 Å². The Labute approximate surface area is 150 Å². The Morgan fingerprint density at radius 2 is 1.60 bits per heavy atom. The number of carbonyl (C=O) groups is 1. The monoisotopic (exact) mass is 337 g/mol. The maximum Gasteiger partial charge on any atom is 0.344 e. The highest BCUT2D eigenvalue weighted by Gasteiger charge is 2.12. The Morgan fingerprint density at radius 1 is 0.920 bits per heavy atom. The zero-order chi connectivity index (χ0) is 17.9. The molecule has 0 aromatic heterocycles. The van der Waals surface area contributed by atoms with Crippen LogP contribution in [0.5, 0.6) is 0 Å². The van der Waals surface area contributed by atoms with Gasteiger partial charge in [0.15, 0.2) is 5.90 Å². The molecule has 0 aliphatic rings. The van der Waals surface area contributed by atoms with E-state index < -0.39 is 0 Å². The molecule has 0 unspecified atom stereocenters. The quantitative estimate of drug-likeness (QED) is 0.331. The number of aliphatic imine (C=N–C) groups is 1. The second kappa shape index (κ2) is 10.4. The Hall–Kier alpha value is -2.42. The van der Waals surface area contributed by atoms with Crippen LogP contribution in [-0.4, -0.2) is 11.9 Å². The zero-order valence-corrected chi connectivity index (χ0v) is 15.2. The van der Waals surface area contributed by atoms with Crippen molar-refractivity contribution in [1.29, 1.82) is 0 Å². The molecule has 0 atom stereocenters. The number of carbonyl (C=O) groups excluding carboxylic acids is 1. The Bertz CT molecular complexity index is 675. The lowest BCUT2D eigenvalue weighted by Gasteiger charge is -2.08. The van der Waals surface area contributed by atoms with Crippen LogP contribution in [0.3, 0.4) is 0 Å². The summed E-state index contributed by atoms with van der Waals surface area (Å²) in [6.07, 6.45) is 6.00. The predicted molar refractivity (Wildman–Crippen MR) is 104 cm³/mol. The van der Waals surface area contributed by atoms with E-state index in [0.717, 1.165) is 31.4 Å². The van der Waals surface area contributed by atoms with Crippen molar-refractivity contribution in [3.05, 3.63) is 65.7 Å². The average Bonchev–Trinajstić information content (AvgIpc) is 2.65. The normalized spacial score (nSPS) is 11.4. The molecule has 0 aliphatic carbocycles. The number of ether oxygens (including phenoxy) is 1. The second-order valence-corrected chi connectivity index (χ2v) is 6.13. The third kappa shape index (κ3) is 6.54. The standard InChI is InChI=1S/C22H27NO2/c1-3-5-10-18-14-16-19(17-15-18)22(24)25-21(13-6-4-2)23-20-11-8-7-9-12-20/h7-9,11-12,14-17H,3-6,10,13H2,1-2H3. The molecular weight excluding hydrogens is 310 g/mol. The summed E-state index contributed by atoms with van der Waals surface area (Å²) >= 11 is 0. The van der Waals surface area contributed by atoms with Crippen LogP contribution in [0.1, 0.15) is 61.9 Å². The SMILES string of the molecule is CCCCC(=Nc1ccccc1)OC(=O)c1ccc(CCCC)cc1. The number of esters is 1. The molecular formula is C22H27NO2. The molecule has 0 spiro atoms. The van der Waals surface area contributed by atoms with Crippen molar-refractivity contribution < 1.29 is 9.53 Å². The van der Waals surface area contributed by atoms with Gasteiger partial charge in [0.2, 0.25) is 0 Å². The third-order valence-corrected chi connectivity index (χ3v) is 3.97. The molecule has 2 aromatic rings. The van der Waals surface area contributed by atoms with Gasteiger partial charge in [-0.1, -0.05) is 57.0 Å². The molecule has 0 radical (unpaired) electrons. The minimum absolute atomic E-state index is 0.340. The Balaban J connectivity index is 2.06. The van der Waals surface area contributed by atoms with Crippen LogP contribution in [0, 0.1) is 0 Å². The van der Waals surface area contributed by atoms with E-state index in [-0.39, 0.29) is 5.97 Å². The zero-order valence-electron chi connectivity index (χ0n) is 15.2. The van der Waals surface area contributed by atoms with Gasteiger partial charge in [0, 0.05) is 6.42 Å². The van der Waals surface area contributed by atoms with Crippen molar-refractivity contribution >= 4 is 17.6 Å². The average molecular weight is 337 g/mol. The summed E-state index contributed by atoms with van der Waals surface area (Å²) < 4.78 is 5.57. The van der Waals surface area contributed by atoms with Crippen molar-refractivity contribution in [3.63, 3.8) is 0 Å². The van der Waals surface area contributed by atoms with Gasteiger partial charge >= 0.3 is 5.97 Å². The number of para-hydroxylation sites is 1. The molecule has 0 saturated carbocycles. The van der Waals surface area contributed by atoms with Crippen LogP contribution >= 0.6 is 0 Å². The molecule has 3 nitrogen and oxygen atoms in total. The first-order chi connectivity index (χ1) is 12.2. The van der Waals surface area contributed by atoms with Crippen LogP contribution < -0.4 is 0 Å². The molecule has 0 fully saturated rings. The Kier molecular flexibility index (Phi) is 7.90. The number of hydrogen-bond acceptors (Lipinski definition) is 3. The molecule has 0 N–H and O–H groups in total. The molecule has 3 heteroatoms. The van der Waals surface area contributed by atoms with E-state index >= 15 is 0 Å². The van der Waals surface area contributed by atoms with Crippen LogP contribution in [-0.2, 0) is 11.2 Å². The molecule has 25 heavy (non-hydrogen) atoms. The molecule has 2 aromatic carbocycles. The van der Waals surface area contributed by atoms with Gasteiger partial charge in [-0.3, -0.25) is 0 Å². The van der Waals surface area contributed by atoms with Gasteiger partial charge in [0.25, 0.3) is 0 Å². The highest BCUT2D eigenvalue weighted by Crippen LogP contribution is 2.15. The van der Waals surface area contributed by atoms with E-state index in [1.165, 1.54) is 12.0 Å². The minimum atomic E-state index is -0.340. The van der Waals surface area contributed by atoms with Gasteiger partial charge in [-0.05, 0) is 49.1 Å². The largest absolute Gasteiger partial charge is 0.408 e. The van der Waals surface area contributed by atoms with Crippen LogP contribution in [0.4, 0.5) is 5.69 Å².